The fourth-order valence-corrected chi connectivity index (χ4v) is 2.74. The SMILES string of the molecule is CN(Cc1nnc2n1CCC2)C(=O)c1cccc(N)c1Cl. The Morgan fingerprint density at radius 2 is 2.29 bits per heavy atom. The molecule has 0 atom stereocenters. The van der Waals surface area contributed by atoms with E-state index in [9.17, 15) is 4.79 Å². The molecule has 7 heteroatoms. The molecule has 0 saturated heterocycles. The number of hydrogen-bond acceptors (Lipinski definition) is 4. The van der Waals surface area contributed by atoms with Crippen molar-refractivity contribution in [2.24, 2.45) is 0 Å². The maximum atomic E-state index is 12.5. The lowest BCUT2D eigenvalue weighted by Crippen LogP contribution is -2.28. The first-order chi connectivity index (χ1) is 10.1. The Morgan fingerprint density at radius 1 is 1.48 bits per heavy atom. The van der Waals surface area contributed by atoms with Gasteiger partial charge in [-0.3, -0.25) is 4.79 Å². The number of aromatic nitrogens is 3. The smallest absolute Gasteiger partial charge is 0.255 e. The lowest BCUT2D eigenvalue weighted by molar-refractivity contribution is 0.0780. The van der Waals surface area contributed by atoms with Gasteiger partial charge in [-0.25, -0.2) is 0 Å². The highest BCUT2D eigenvalue weighted by Crippen LogP contribution is 2.24. The molecule has 0 fully saturated rings. The number of halogens is 1. The van der Waals surface area contributed by atoms with Crippen LogP contribution >= 0.6 is 11.6 Å². The molecule has 3 rings (SSSR count). The predicted molar refractivity (Wildman–Crippen MR) is 80.0 cm³/mol. The highest BCUT2D eigenvalue weighted by atomic mass is 35.5. The number of fused-ring (bicyclic) bond motifs is 1. The molecule has 0 bridgehead atoms. The molecule has 1 aromatic carbocycles. The third-order valence-electron chi connectivity index (χ3n) is 3.67. The summed E-state index contributed by atoms with van der Waals surface area (Å²) in [5.41, 5.74) is 6.54. The largest absolute Gasteiger partial charge is 0.398 e. The van der Waals surface area contributed by atoms with Crippen molar-refractivity contribution in [3.8, 4) is 0 Å². The van der Waals surface area contributed by atoms with Gasteiger partial charge in [0.15, 0.2) is 5.82 Å². The minimum absolute atomic E-state index is 0.178. The maximum Gasteiger partial charge on any atom is 0.255 e. The number of anilines is 1. The van der Waals surface area contributed by atoms with Crippen LogP contribution in [0.25, 0.3) is 0 Å². The van der Waals surface area contributed by atoms with Crippen molar-refractivity contribution in [2.45, 2.75) is 25.9 Å². The van der Waals surface area contributed by atoms with E-state index >= 15 is 0 Å². The van der Waals surface area contributed by atoms with Crippen LogP contribution in [0.1, 0.15) is 28.4 Å². The minimum Gasteiger partial charge on any atom is -0.398 e. The van der Waals surface area contributed by atoms with E-state index in [1.807, 2.05) is 0 Å². The topological polar surface area (TPSA) is 77.0 Å². The summed E-state index contributed by atoms with van der Waals surface area (Å²) in [6, 6.07) is 5.06. The highest BCUT2D eigenvalue weighted by molar-refractivity contribution is 6.36. The van der Waals surface area contributed by atoms with Crippen LogP contribution in [0.2, 0.25) is 5.02 Å². The van der Waals surface area contributed by atoms with E-state index in [2.05, 4.69) is 14.8 Å². The quantitative estimate of drug-likeness (QED) is 0.876. The number of aryl methyl sites for hydroxylation is 1. The van der Waals surface area contributed by atoms with Gasteiger partial charge in [-0.2, -0.15) is 0 Å². The Hall–Kier alpha value is -2.08. The van der Waals surface area contributed by atoms with E-state index in [1.165, 1.54) is 0 Å². The first kappa shape index (κ1) is 13.9. The summed E-state index contributed by atoms with van der Waals surface area (Å²) in [4.78, 5) is 14.1. The number of amides is 1. The van der Waals surface area contributed by atoms with E-state index in [4.69, 9.17) is 17.3 Å². The summed E-state index contributed by atoms with van der Waals surface area (Å²) in [6.07, 6.45) is 2.03. The van der Waals surface area contributed by atoms with Crippen LogP contribution in [0, 0.1) is 0 Å². The summed E-state index contributed by atoms with van der Waals surface area (Å²) >= 11 is 6.10. The molecular weight excluding hydrogens is 290 g/mol. The van der Waals surface area contributed by atoms with Gasteiger partial charge in [0.25, 0.3) is 5.91 Å². The average molecular weight is 306 g/mol. The van der Waals surface area contributed by atoms with Crippen LogP contribution in [0.4, 0.5) is 5.69 Å². The molecule has 0 saturated carbocycles. The van der Waals surface area contributed by atoms with E-state index in [0.717, 1.165) is 31.0 Å². The molecule has 0 aliphatic carbocycles. The van der Waals surface area contributed by atoms with Crippen LogP contribution in [-0.4, -0.2) is 32.6 Å². The molecule has 2 aromatic rings. The second-order valence-corrected chi connectivity index (χ2v) is 5.54. The van der Waals surface area contributed by atoms with Crippen LogP contribution in [0.5, 0.6) is 0 Å². The summed E-state index contributed by atoms with van der Waals surface area (Å²) in [7, 11) is 1.72. The molecule has 110 valence electrons. The first-order valence-corrected chi connectivity index (χ1v) is 7.16. The van der Waals surface area contributed by atoms with Gasteiger partial charge in [-0.1, -0.05) is 17.7 Å². The van der Waals surface area contributed by atoms with Crippen molar-refractivity contribution in [1.29, 1.82) is 0 Å². The molecule has 2 N–H and O–H groups in total. The van der Waals surface area contributed by atoms with Crippen molar-refractivity contribution in [3.63, 3.8) is 0 Å². The van der Waals surface area contributed by atoms with Gasteiger partial charge in [-0.05, 0) is 18.6 Å². The van der Waals surface area contributed by atoms with Gasteiger partial charge in [-0.15, -0.1) is 10.2 Å². The molecule has 6 nitrogen and oxygen atoms in total. The predicted octanol–water partition coefficient (Wildman–Crippen LogP) is 1.73. The fourth-order valence-electron chi connectivity index (χ4n) is 2.53. The van der Waals surface area contributed by atoms with Crippen LogP contribution in [0.15, 0.2) is 18.2 Å². The minimum atomic E-state index is -0.178. The van der Waals surface area contributed by atoms with Crippen molar-refractivity contribution >= 4 is 23.2 Å². The van der Waals surface area contributed by atoms with Crippen molar-refractivity contribution in [1.82, 2.24) is 19.7 Å². The maximum absolute atomic E-state index is 12.5. The standard InChI is InChI=1S/C14H16ClN5O/c1-19(8-12-18-17-11-6-3-7-20(11)12)14(21)9-4-2-5-10(16)13(9)15/h2,4-5H,3,6-8,16H2,1H3. The first-order valence-electron chi connectivity index (χ1n) is 6.78. The van der Waals surface area contributed by atoms with Crippen LogP contribution in [-0.2, 0) is 19.5 Å². The zero-order valence-electron chi connectivity index (χ0n) is 11.7. The molecule has 1 aromatic heterocycles. The Labute approximate surface area is 127 Å². The van der Waals surface area contributed by atoms with Crippen LogP contribution in [0.3, 0.4) is 0 Å². The van der Waals surface area contributed by atoms with Crippen molar-refractivity contribution < 1.29 is 4.79 Å². The number of rotatable bonds is 3. The number of nitrogen functional groups attached to an aromatic ring is 1. The second-order valence-electron chi connectivity index (χ2n) is 5.16. The molecular formula is C14H16ClN5O. The number of nitrogens with two attached hydrogens (primary N) is 1. The Morgan fingerprint density at radius 3 is 3.10 bits per heavy atom. The summed E-state index contributed by atoms with van der Waals surface area (Å²) < 4.78 is 2.07. The summed E-state index contributed by atoms with van der Waals surface area (Å²) in [5.74, 6) is 1.62. The number of nitrogens with zero attached hydrogens (tertiary/aromatic N) is 4. The monoisotopic (exact) mass is 305 g/mol. The lowest BCUT2D eigenvalue weighted by Gasteiger charge is -2.18. The summed E-state index contributed by atoms with van der Waals surface area (Å²) in [6.45, 7) is 1.32. The highest BCUT2D eigenvalue weighted by Gasteiger charge is 2.21. The van der Waals surface area contributed by atoms with E-state index in [1.54, 1.807) is 30.1 Å². The van der Waals surface area contributed by atoms with Gasteiger partial charge >= 0.3 is 0 Å². The molecule has 0 spiro atoms. The van der Waals surface area contributed by atoms with Gasteiger partial charge in [0.05, 0.1) is 22.8 Å². The van der Waals surface area contributed by atoms with Crippen molar-refractivity contribution in [3.05, 3.63) is 40.4 Å². The van der Waals surface area contributed by atoms with Gasteiger partial charge in [0, 0.05) is 20.0 Å². The van der Waals surface area contributed by atoms with Crippen molar-refractivity contribution in [2.75, 3.05) is 12.8 Å². The Bertz CT molecular complexity index is 697. The van der Waals surface area contributed by atoms with Gasteiger partial charge in [0.2, 0.25) is 0 Å². The van der Waals surface area contributed by atoms with E-state index < -0.39 is 0 Å². The number of benzene rings is 1. The Kier molecular flexibility index (Phi) is 3.55. The molecule has 0 unspecified atom stereocenters. The number of hydrogen-bond donors (Lipinski definition) is 1. The third-order valence-corrected chi connectivity index (χ3v) is 4.09. The fraction of sp³-hybridized carbons (Fsp3) is 0.357. The number of carbonyl (C=O) groups excluding carboxylic acids is 1. The second kappa shape index (κ2) is 5.37. The van der Waals surface area contributed by atoms with Gasteiger partial charge in [0.1, 0.15) is 5.82 Å². The lowest BCUT2D eigenvalue weighted by atomic mass is 10.2. The number of carbonyl (C=O) groups is 1. The van der Waals surface area contributed by atoms with Gasteiger partial charge < -0.3 is 15.2 Å². The molecule has 1 aliphatic heterocycles. The van der Waals surface area contributed by atoms with Crippen LogP contribution < -0.4 is 5.73 Å². The summed E-state index contributed by atoms with van der Waals surface area (Å²) in [5, 5.41) is 8.59. The van der Waals surface area contributed by atoms with E-state index in [-0.39, 0.29) is 5.91 Å². The zero-order valence-corrected chi connectivity index (χ0v) is 12.5. The molecule has 1 amide bonds. The zero-order chi connectivity index (χ0) is 15.0. The molecule has 0 radical (unpaired) electrons. The molecule has 2 heterocycles. The molecule has 1 aliphatic rings. The normalized spacial score (nSPS) is 13.2. The molecule has 21 heavy (non-hydrogen) atoms. The average Bonchev–Trinajstić information content (AvgIpc) is 3.06. The Balaban J connectivity index is 1.80. The third kappa shape index (κ3) is 2.47. The van der Waals surface area contributed by atoms with E-state index in [0.29, 0.717) is 22.8 Å².